The fraction of sp³-hybridized carbons (Fsp3) is 1.00. The Morgan fingerprint density at radius 2 is 1.87 bits per heavy atom. The summed E-state index contributed by atoms with van der Waals surface area (Å²) in [5, 5.41) is 9.56. The molecule has 0 radical (unpaired) electrons. The van der Waals surface area contributed by atoms with Crippen molar-refractivity contribution in [2.24, 2.45) is 5.41 Å². The molecule has 0 spiro atoms. The largest absolute Gasteiger partial charge is 0.396 e. The van der Waals surface area contributed by atoms with Gasteiger partial charge in [0.15, 0.2) is 0 Å². The summed E-state index contributed by atoms with van der Waals surface area (Å²) in [7, 11) is 0. The zero-order valence-corrected chi connectivity index (χ0v) is 9.58. The first-order chi connectivity index (χ1) is 7.35. The molecule has 0 atom stereocenters. The minimum Gasteiger partial charge on any atom is -0.396 e. The third-order valence-corrected chi connectivity index (χ3v) is 3.87. The molecule has 88 valence electrons. The van der Waals surface area contributed by atoms with E-state index in [1.165, 1.54) is 25.7 Å². The Morgan fingerprint density at radius 1 is 1.07 bits per heavy atom. The van der Waals surface area contributed by atoms with Crippen molar-refractivity contribution >= 4 is 0 Å². The second-order valence-corrected chi connectivity index (χ2v) is 5.11. The molecule has 0 unspecified atom stereocenters. The molecule has 2 fully saturated rings. The van der Waals surface area contributed by atoms with Crippen molar-refractivity contribution in [3.05, 3.63) is 0 Å². The number of ether oxygens (including phenoxy) is 1. The van der Waals surface area contributed by atoms with E-state index in [-0.39, 0.29) is 5.41 Å². The molecule has 0 bridgehead atoms. The van der Waals surface area contributed by atoms with Crippen LogP contribution in [0.2, 0.25) is 0 Å². The van der Waals surface area contributed by atoms with E-state index < -0.39 is 0 Å². The van der Waals surface area contributed by atoms with Crippen molar-refractivity contribution in [3.63, 3.8) is 0 Å². The van der Waals surface area contributed by atoms with E-state index >= 15 is 0 Å². The average Bonchev–Trinajstić information content (AvgIpc) is 2.57. The van der Waals surface area contributed by atoms with Crippen LogP contribution in [0.5, 0.6) is 0 Å². The van der Waals surface area contributed by atoms with Gasteiger partial charge in [-0.25, -0.2) is 0 Å². The fourth-order valence-corrected chi connectivity index (χ4v) is 2.92. The minimum atomic E-state index is 0.213. The van der Waals surface area contributed by atoms with Crippen molar-refractivity contribution in [1.82, 2.24) is 4.90 Å². The van der Waals surface area contributed by atoms with Gasteiger partial charge in [0, 0.05) is 38.3 Å². The second-order valence-electron chi connectivity index (χ2n) is 5.11. The van der Waals surface area contributed by atoms with Crippen LogP contribution in [0, 0.1) is 5.41 Å². The third kappa shape index (κ3) is 2.92. The SMILES string of the molecule is OCC1(CN2CCCOCC2)CCCC1. The van der Waals surface area contributed by atoms with Gasteiger partial charge in [0.05, 0.1) is 6.61 Å². The normalized spacial score (nSPS) is 27.8. The Kier molecular flexibility index (Phi) is 4.00. The molecule has 0 aromatic heterocycles. The number of rotatable bonds is 3. The number of aliphatic hydroxyl groups is 1. The van der Waals surface area contributed by atoms with Crippen molar-refractivity contribution in [2.75, 3.05) is 39.5 Å². The van der Waals surface area contributed by atoms with Gasteiger partial charge >= 0.3 is 0 Å². The highest BCUT2D eigenvalue weighted by molar-refractivity contribution is 4.87. The summed E-state index contributed by atoms with van der Waals surface area (Å²) in [4.78, 5) is 2.48. The zero-order chi connectivity index (χ0) is 10.6. The maximum Gasteiger partial charge on any atom is 0.0593 e. The van der Waals surface area contributed by atoms with Gasteiger partial charge in [0.25, 0.3) is 0 Å². The van der Waals surface area contributed by atoms with Gasteiger partial charge < -0.3 is 14.7 Å². The molecule has 15 heavy (non-hydrogen) atoms. The highest BCUT2D eigenvalue weighted by Gasteiger charge is 2.34. The lowest BCUT2D eigenvalue weighted by molar-refractivity contribution is 0.0744. The van der Waals surface area contributed by atoms with Crippen LogP contribution in [0.4, 0.5) is 0 Å². The molecule has 3 heteroatoms. The summed E-state index contributed by atoms with van der Waals surface area (Å²) in [6.07, 6.45) is 6.15. The van der Waals surface area contributed by atoms with Gasteiger partial charge in [-0.2, -0.15) is 0 Å². The number of hydrogen-bond acceptors (Lipinski definition) is 3. The Hall–Kier alpha value is -0.120. The number of aliphatic hydroxyl groups excluding tert-OH is 1. The summed E-state index contributed by atoms with van der Waals surface area (Å²) in [6.45, 7) is 5.39. The summed E-state index contributed by atoms with van der Waals surface area (Å²) >= 11 is 0. The minimum absolute atomic E-state index is 0.213. The summed E-state index contributed by atoms with van der Waals surface area (Å²) in [5.74, 6) is 0. The molecule has 1 aliphatic carbocycles. The Bertz CT molecular complexity index is 182. The fourth-order valence-electron chi connectivity index (χ4n) is 2.92. The van der Waals surface area contributed by atoms with Crippen LogP contribution in [0.3, 0.4) is 0 Å². The summed E-state index contributed by atoms with van der Waals surface area (Å²) in [5.41, 5.74) is 0.213. The lowest BCUT2D eigenvalue weighted by Crippen LogP contribution is -2.39. The third-order valence-electron chi connectivity index (χ3n) is 3.87. The maximum atomic E-state index is 9.56. The van der Waals surface area contributed by atoms with Crippen LogP contribution >= 0.6 is 0 Å². The first-order valence-electron chi connectivity index (χ1n) is 6.26. The molecule has 1 saturated heterocycles. The van der Waals surface area contributed by atoms with Crippen LogP contribution in [-0.2, 0) is 4.74 Å². The van der Waals surface area contributed by atoms with Gasteiger partial charge in [-0.1, -0.05) is 12.8 Å². The van der Waals surface area contributed by atoms with Crippen LogP contribution in [-0.4, -0.2) is 49.5 Å². The van der Waals surface area contributed by atoms with Gasteiger partial charge in [0.1, 0.15) is 0 Å². The highest BCUT2D eigenvalue weighted by Crippen LogP contribution is 2.38. The number of nitrogens with zero attached hydrogens (tertiary/aromatic N) is 1. The summed E-state index contributed by atoms with van der Waals surface area (Å²) in [6, 6.07) is 0. The molecular weight excluding hydrogens is 190 g/mol. The van der Waals surface area contributed by atoms with Crippen LogP contribution in [0.15, 0.2) is 0 Å². The first kappa shape index (κ1) is 11.4. The molecule has 1 aliphatic heterocycles. The molecule has 3 nitrogen and oxygen atoms in total. The predicted molar refractivity (Wildman–Crippen MR) is 59.9 cm³/mol. The molecule has 1 saturated carbocycles. The van der Waals surface area contributed by atoms with E-state index in [0.717, 1.165) is 39.3 Å². The quantitative estimate of drug-likeness (QED) is 0.766. The lowest BCUT2D eigenvalue weighted by atomic mass is 9.86. The lowest BCUT2D eigenvalue weighted by Gasteiger charge is -2.33. The maximum absolute atomic E-state index is 9.56. The van der Waals surface area contributed by atoms with E-state index in [4.69, 9.17) is 4.74 Å². The zero-order valence-electron chi connectivity index (χ0n) is 9.58. The van der Waals surface area contributed by atoms with E-state index in [2.05, 4.69) is 4.90 Å². The molecule has 2 aliphatic rings. The Balaban J connectivity index is 1.87. The number of hydrogen-bond donors (Lipinski definition) is 1. The Labute approximate surface area is 92.4 Å². The molecular formula is C12H23NO2. The van der Waals surface area contributed by atoms with E-state index in [9.17, 15) is 5.11 Å². The highest BCUT2D eigenvalue weighted by atomic mass is 16.5. The van der Waals surface area contributed by atoms with Crippen molar-refractivity contribution in [2.45, 2.75) is 32.1 Å². The molecule has 0 aromatic rings. The first-order valence-corrected chi connectivity index (χ1v) is 6.26. The van der Waals surface area contributed by atoms with Crippen molar-refractivity contribution in [1.29, 1.82) is 0 Å². The summed E-state index contributed by atoms with van der Waals surface area (Å²) < 4.78 is 5.45. The van der Waals surface area contributed by atoms with E-state index in [1.807, 2.05) is 0 Å². The van der Waals surface area contributed by atoms with Gasteiger partial charge in [-0.3, -0.25) is 0 Å². The van der Waals surface area contributed by atoms with Gasteiger partial charge in [-0.05, 0) is 19.3 Å². The average molecular weight is 213 g/mol. The van der Waals surface area contributed by atoms with Crippen molar-refractivity contribution < 1.29 is 9.84 Å². The van der Waals surface area contributed by atoms with E-state index in [0.29, 0.717) is 6.61 Å². The standard InChI is InChI=1S/C12H23NO2/c14-11-12(4-1-2-5-12)10-13-6-3-8-15-9-7-13/h14H,1-11H2. The van der Waals surface area contributed by atoms with Crippen LogP contribution in [0.1, 0.15) is 32.1 Å². The Morgan fingerprint density at radius 3 is 2.60 bits per heavy atom. The molecule has 0 amide bonds. The van der Waals surface area contributed by atoms with Crippen LogP contribution in [0.25, 0.3) is 0 Å². The van der Waals surface area contributed by atoms with Gasteiger partial charge in [0.2, 0.25) is 0 Å². The molecule has 2 rings (SSSR count). The predicted octanol–water partition coefficient (Wildman–Crippen LogP) is 1.26. The topological polar surface area (TPSA) is 32.7 Å². The smallest absolute Gasteiger partial charge is 0.0593 e. The molecule has 1 heterocycles. The van der Waals surface area contributed by atoms with Gasteiger partial charge in [-0.15, -0.1) is 0 Å². The van der Waals surface area contributed by atoms with Crippen LogP contribution < -0.4 is 0 Å². The van der Waals surface area contributed by atoms with Crippen molar-refractivity contribution in [3.8, 4) is 0 Å². The monoisotopic (exact) mass is 213 g/mol. The second kappa shape index (κ2) is 5.28. The molecule has 0 aromatic carbocycles. The van der Waals surface area contributed by atoms with E-state index in [1.54, 1.807) is 0 Å². The molecule has 1 N–H and O–H groups in total.